The largest absolute Gasteiger partial charge is 0.0651 e. The molecule has 0 N–H and O–H groups in total. The van der Waals surface area contributed by atoms with Gasteiger partial charge in [0, 0.05) is 0 Å². The molecule has 0 heteroatoms. The van der Waals surface area contributed by atoms with E-state index in [0.29, 0.717) is 0 Å². The number of rotatable bonds is 6. The first-order chi connectivity index (χ1) is 6.02. The SMILES string of the molecule is CCC(CC(CC)C(C)C)C(C)C. The third-order valence-corrected chi connectivity index (χ3v) is 3.54. The van der Waals surface area contributed by atoms with Crippen molar-refractivity contribution < 1.29 is 0 Å². The van der Waals surface area contributed by atoms with Crippen molar-refractivity contribution in [3.05, 3.63) is 0 Å². The van der Waals surface area contributed by atoms with Crippen LogP contribution >= 0.6 is 0 Å². The van der Waals surface area contributed by atoms with Crippen molar-refractivity contribution >= 4 is 0 Å². The van der Waals surface area contributed by atoms with Crippen LogP contribution in [0, 0.1) is 23.7 Å². The molecule has 0 aromatic rings. The first-order valence-electron chi connectivity index (χ1n) is 6.02. The van der Waals surface area contributed by atoms with Crippen molar-refractivity contribution in [2.24, 2.45) is 23.7 Å². The quantitative estimate of drug-likeness (QED) is 0.559. The average Bonchev–Trinajstić information content (AvgIpc) is 2.05. The lowest BCUT2D eigenvalue weighted by molar-refractivity contribution is 0.240. The van der Waals surface area contributed by atoms with Gasteiger partial charge in [0.05, 0.1) is 0 Å². The summed E-state index contributed by atoms with van der Waals surface area (Å²) < 4.78 is 0. The van der Waals surface area contributed by atoms with Crippen LogP contribution in [0.1, 0.15) is 60.8 Å². The highest BCUT2D eigenvalue weighted by Crippen LogP contribution is 2.29. The third kappa shape index (κ3) is 4.69. The van der Waals surface area contributed by atoms with E-state index in [2.05, 4.69) is 41.5 Å². The van der Waals surface area contributed by atoms with E-state index in [1.165, 1.54) is 19.3 Å². The minimum atomic E-state index is 0.859. The van der Waals surface area contributed by atoms with Crippen LogP contribution in [0.5, 0.6) is 0 Å². The Balaban J connectivity index is 4.03. The van der Waals surface area contributed by atoms with Crippen LogP contribution < -0.4 is 0 Å². The second-order valence-electron chi connectivity index (χ2n) is 5.06. The molecule has 0 rings (SSSR count). The maximum atomic E-state index is 2.36. The van der Waals surface area contributed by atoms with Gasteiger partial charge < -0.3 is 0 Å². The Morgan fingerprint density at radius 2 is 1.00 bits per heavy atom. The van der Waals surface area contributed by atoms with Gasteiger partial charge in [0.2, 0.25) is 0 Å². The van der Waals surface area contributed by atoms with E-state index >= 15 is 0 Å². The summed E-state index contributed by atoms with van der Waals surface area (Å²) in [6.07, 6.45) is 4.13. The summed E-state index contributed by atoms with van der Waals surface area (Å²) in [6.45, 7) is 14.1. The molecule has 0 heterocycles. The van der Waals surface area contributed by atoms with Crippen molar-refractivity contribution in [3.8, 4) is 0 Å². The second kappa shape index (κ2) is 6.45. The fourth-order valence-electron chi connectivity index (χ4n) is 2.21. The predicted octanol–water partition coefficient (Wildman–Crippen LogP) is 4.74. The van der Waals surface area contributed by atoms with Crippen LogP contribution in [0.4, 0.5) is 0 Å². The van der Waals surface area contributed by atoms with Gasteiger partial charge in [0.1, 0.15) is 0 Å². The highest BCUT2D eigenvalue weighted by molar-refractivity contribution is 4.69. The van der Waals surface area contributed by atoms with Crippen molar-refractivity contribution in [1.29, 1.82) is 0 Å². The van der Waals surface area contributed by atoms with Gasteiger partial charge in [-0.1, -0.05) is 54.4 Å². The first kappa shape index (κ1) is 13.0. The van der Waals surface area contributed by atoms with Crippen molar-refractivity contribution in [1.82, 2.24) is 0 Å². The van der Waals surface area contributed by atoms with Crippen LogP contribution in [0.15, 0.2) is 0 Å². The van der Waals surface area contributed by atoms with E-state index < -0.39 is 0 Å². The van der Waals surface area contributed by atoms with Gasteiger partial charge in [-0.25, -0.2) is 0 Å². The topological polar surface area (TPSA) is 0 Å². The molecule has 80 valence electrons. The Morgan fingerprint density at radius 3 is 1.15 bits per heavy atom. The fraction of sp³-hybridized carbons (Fsp3) is 1.00. The van der Waals surface area contributed by atoms with E-state index in [0.717, 1.165) is 23.7 Å². The predicted molar refractivity (Wildman–Crippen MR) is 61.9 cm³/mol. The van der Waals surface area contributed by atoms with Crippen LogP contribution in [0.2, 0.25) is 0 Å². The Morgan fingerprint density at radius 1 is 0.692 bits per heavy atom. The molecule has 0 amide bonds. The molecule has 0 saturated heterocycles. The second-order valence-corrected chi connectivity index (χ2v) is 5.06. The van der Waals surface area contributed by atoms with Crippen molar-refractivity contribution in [3.63, 3.8) is 0 Å². The Labute approximate surface area is 85.1 Å². The number of hydrogen-bond donors (Lipinski definition) is 0. The molecule has 13 heavy (non-hydrogen) atoms. The van der Waals surface area contributed by atoms with Crippen molar-refractivity contribution in [2.75, 3.05) is 0 Å². The summed E-state index contributed by atoms with van der Waals surface area (Å²) in [5.74, 6) is 3.59. The average molecular weight is 184 g/mol. The molecule has 2 atom stereocenters. The van der Waals surface area contributed by atoms with Gasteiger partial charge in [-0.15, -0.1) is 0 Å². The summed E-state index contributed by atoms with van der Waals surface area (Å²) in [5.41, 5.74) is 0. The maximum Gasteiger partial charge on any atom is -0.0391 e. The lowest BCUT2D eigenvalue weighted by atomic mass is 9.79. The minimum Gasteiger partial charge on any atom is -0.0651 e. The number of hydrogen-bond acceptors (Lipinski definition) is 0. The highest BCUT2D eigenvalue weighted by atomic mass is 14.2. The Kier molecular flexibility index (Phi) is 6.45. The molecule has 0 aliphatic rings. The molecule has 0 radical (unpaired) electrons. The lowest BCUT2D eigenvalue weighted by Crippen LogP contribution is -2.17. The fourth-order valence-corrected chi connectivity index (χ4v) is 2.21. The molecule has 2 unspecified atom stereocenters. The maximum absolute atomic E-state index is 2.36. The van der Waals surface area contributed by atoms with Gasteiger partial charge in [-0.3, -0.25) is 0 Å². The lowest BCUT2D eigenvalue weighted by Gasteiger charge is -2.27. The summed E-state index contributed by atoms with van der Waals surface area (Å²) in [4.78, 5) is 0. The smallest absolute Gasteiger partial charge is 0.0391 e. The molecule has 0 nitrogen and oxygen atoms in total. The zero-order chi connectivity index (χ0) is 10.4. The van der Waals surface area contributed by atoms with Crippen LogP contribution in [0.3, 0.4) is 0 Å². The molecular weight excluding hydrogens is 156 g/mol. The molecule has 0 fully saturated rings. The van der Waals surface area contributed by atoms with Gasteiger partial charge in [0.25, 0.3) is 0 Å². The monoisotopic (exact) mass is 184 g/mol. The molecule has 0 saturated carbocycles. The normalized spacial score (nSPS) is 16.6. The van der Waals surface area contributed by atoms with Gasteiger partial charge in [0.15, 0.2) is 0 Å². The van der Waals surface area contributed by atoms with Crippen LogP contribution in [-0.2, 0) is 0 Å². The van der Waals surface area contributed by atoms with Gasteiger partial charge >= 0.3 is 0 Å². The van der Waals surface area contributed by atoms with E-state index in [9.17, 15) is 0 Å². The van der Waals surface area contributed by atoms with E-state index in [1.807, 2.05) is 0 Å². The minimum absolute atomic E-state index is 0.859. The standard InChI is InChI=1S/C13H28/c1-7-12(10(3)4)9-13(8-2)11(5)6/h10-13H,7-9H2,1-6H3. The van der Waals surface area contributed by atoms with Crippen molar-refractivity contribution in [2.45, 2.75) is 60.8 Å². The summed E-state index contributed by atoms with van der Waals surface area (Å²) in [7, 11) is 0. The van der Waals surface area contributed by atoms with E-state index in [4.69, 9.17) is 0 Å². The molecule has 0 aromatic heterocycles. The Hall–Kier alpha value is 0. The molecule has 0 aromatic carbocycles. The summed E-state index contributed by atoms with van der Waals surface area (Å²) in [6, 6.07) is 0. The zero-order valence-corrected chi connectivity index (χ0v) is 10.4. The zero-order valence-electron chi connectivity index (χ0n) is 10.4. The van der Waals surface area contributed by atoms with Gasteiger partial charge in [-0.05, 0) is 30.1 Å². The van der Waals surface area contributed by atoms with Crippen LogP contribution in [0.25, 0.3) is 0 Å². The van der Waals surface area contributed by atoms with E-state index in [1.54, 1.807) is 0 Å². The molecule has 0 spiro atoms. The third-order valence-electron chi connectivity index (χ3n) is 3.54. The van der Waals surface area contributed by atoms with Crippen LogP contribution in [-0.4, -0.2) is 0 Å². The molecule has 0 aliphatic carbocycles. The first-order valence-corrected chi connectivity index (χ1v) is 6.02. The van der Waals surface area contributed by atoms with Gasteiger partial charge in [-0.2, -0.15) is 0 Å². The Bertz CT molecular complexity index is 99.2. The summed E-state index contributed by atoms with van der Waals surface area (Å²) >= 11 is 0. The molecule has 0 aliphatic heterocycles. The highest BCUT2D eigenvalue weighted by Gasteiger charge is 2.18. The summed E-state index contributed by atoms with van der Waals surface area (Å²) in [5, 5.41) is 0. The molecular formula is C13H28. The molecule has 0 bridgehead atoms. The van der Waals surface area contributed by atoms with E-state index in [-0.39, 0.29) is 0 Å².